The Morgan fingerprint density at radius 1 is 1.29 bits per heavy atom. The van der Waals surface area contributed by atoms with Gasteiger partial charge in [0.25, 0.3) is 0 Å². The summed E-state index contributed by atoms with van der Waals surface area (Å²) in [7, 11) is -3.21. The number of aliphatic carboxylic acids is 1. The third-order valence-electron chi connectivity index (χ3n) is 2.34. The topological polar surface area (TPSA) is 91.7 Å². The Morgan fingerprint density at radius 2 is 1.82 bits per heavy atom. The van der Waals surface area contributed by atoms with Crippen LogP contribution >= 0.6 is 0 Å². The van der Waals surface area contributed by atoms with E-state index in [1.165, 1.54) is 12.1 Å². The third-order valence-corrected chi connectivity index (χ3v) is 3.47. The van der Waals surface area contributed by atoms with Crippen molar-refractivity contribution in [3.05, 3.63) is 29.8 Å². The molecule has 0 aliphatic heterocycles. The Bertz CT molecular complexity index is 489. The first-order chi connectivity index (χ1) is 7.80. The first-order valence-corrected chi connectivity index (χ1v) is 6.89. The highest BCUT2D eigenvalue weighted by molar-refractivity contribution is 7.90. The molecule has 6 heteroatoms. The number of carbonyl (C=O) groups is 1. The minimum atomic E-state index is -3.21. The second-order valence-corrected chi connectivity index (χ2v) is 5.82. The zero-order chi connectivity index (χ0) is 13.1. The van der Waals surface area contributed by atoms with E-state index in [-0.39, 0.29) is 11.3 Å². The lowest BCUT2D eigenvalue weighted by molar-refractivity contribution is -0.146. The maximum Gasteiger partial charge on any atom is 0.332 e. The number of aliphatic hydroxyl groups excluding tert-OH is 1. The van der Waals surface area contributed by atoms with Crippen molar-refractivity contribution in [1.29, 1.82) is 0 Å². The fraction of sp³-hybridized carbons (Fsp3) is 0.364. The van der Waals surface area contributed by atoms with Gasteiger partial charge in [-0.15, -0.1) is 0 Å². The van der Waals surface area contributed by atoms with Crippen LogP contribution in [0, 0.1) is 0 Å². The fourth-order valence-electron chi connectivity index (χ4n) is 1.33. The molecule has 0 amide bonds. The van der Waals surface area contributed by atoms with E-state index in [9.17, 15) is 13.2 Å². The highest BCUT2D eigenvalue weighted by atomic mass is 32.2. The van der Waals surface area contributed by atoms with E-state index in [0.29, 0.717) is 6.42 Å². The van der Waals surface area contributed by atoms with E-state index in [0.717, 1.165) is 11.8 Å². The van der Waals surface area contributed by atoms with Crippen LogP contribution in [-0.2, 0) is 21.1 Å². The predicted molar refractivity (Wildman–Crippen MR) is 61.5 cm³/mol. The number of carboxylic acid groups (broad SMARTS) is 1. The summed E-state index contributed by atoms with van der Waals surface area (Å²) in [5.74, 6) is -1.25. The van der Waals surface area contributed by atoms with E-state index in [1.54, 1.807) is 12.1 Å². The number of sulfone groups is 1. The summed E-state index contributed by atoms with van der Waals surface area (Å²) in [6.45, 7) is 0. The first-order valence-electron chi connectivity index (χ1n) is 5.00. The molecule has 1 unspecified atom stereocenters. The number of aryl methyl sites for hydroxylation is 1. The van der Waals surface area contributed by atoms with Crippen LogP contribution in [0.3, 0.4) is 0 Å². The van der Waals surface area contributed by atoms with E-state index in [2.05, 4.69) is 0 Å². The Hall–Kier alpha value is -1.40. The van der Waals surface area contributed by atoms with Gasteiger partial charge in [-0.25, -0.2) is 13.2 Å². The molecule has 0 aliphatic rings. The number of hydrogen-bond acceptors (Lipinski definition) is 4. The lowest BCUT2D eigenvalue weighted by atomic mass is 10.1. The molecule has 0 aromatic heterocycles. The van der Waals surface area contributed by atoms with Gasteiger partial charge < -0.3 is 10.2 Å². The van der Waals surface area contributed by atoms with Gasteiger partial charge in [0.15, 0.2) is 15.9 Å². The van der Waals surface area contributed by atoms with Crippen LogP contribution < -0.4 is 0 Å². The molecule has 0 saturated heterocycles. The summed E-state index contributed by atoms with van der Waals surface area (Å²) >= 11 is 0. The molecule has 0 heterocycles. The third kappa shape index (κ3) is 4.16. The second kappa shape index (κ2) is 5.29. The van der Waals surface area contributed by atoms with Gasteiger partial charge in [-0.2, -0.15) is 0 Å². The van der Waals surface area contributed by atoms with Crippen LogP contribution in [0.25, 0.3) is 0 Å². The molecule has 0 radical (unpaired) electrons. The molecule has 0 saturated carbocycles. The number of benzene rings is 1. The lowest BCUT2D eigenvalue weighted by Gasteiger charge is -2.05. The molecular formula is C11H14O5S. The molecule has 1 aromatic rings. The molecule has 17 heavy (non-hydrogen) atoms. The quantitative estimate of drug-likeness (QED) is 0.801. The second-order valence-electron chi connectivity index (χ2n) is 3.81. The van der Waals surface area contributed by atoms with Crippen LogP contribution in [0.4, 0.5) is 0 Å². The first kappa shape index (κ1) is 13.7. The molecule has 1 aromatic carbocycles. The normalized spacial score (nSPS) is 13.3. The van der Waals surface area contributed by atoms with Crippen LogP contribution in [0.2, 0.25) is 0 Å². The molecule has 1 rings (SSSR count). The van der Waals surface area contributed by atoms with Crippen molar-refractivity contribution in [3.8, 4) is 0 Å². The Balaban J connectivity index is 2.67. The maximum absolute atomic E-state index is 11.2. The molecule has 5 nitrogen and oxygen atoms in total. The number of hydrogen-bond donors (Lipinski definition) is 2. The summed E-state index contributed by atoms with van der Waals surface area (Å²) in [6, 6.07) is 6.17. The molecule has 0 spiro atoms. The van der Waals surface area contributed by atoms with Crippen molar-refractivity contribution < 1.29 is 23.4 Å². The largest absolute Gasteiger partial charge is 0.479 e. The number of rotatable bonds is 5. The molecule has 2 N–H and O–H groups in total. The van der Waals surface area contributed by atoms with Crippen molar-refractivity contribution in [2.45, 2.75) is 23.8 Å². The highest BCUT2D eigenvalue weighted by Gasteiger charge is 2.13. The van der Waals surface area contributed by atoms with Crippen molar-refractivity contribution in [3.63, 3.8) is 0 Å². The van der Waals surface area contributed by atoms with Gasteiger partial charge >= 0.3 is 5.97 Å². The van der Waals surface area contributed by atoms with Gasteiger partial charge in [0.1, 0.15) is 0 Å². The van der Waals surface area contributed by atoms with Gasteiger partial charge in [0.05, 0.1) is 4.90 Å². The predicted octanol–water partition coefficient (Wildman–Crippen LogP) is 0.468. The van der Waals surface area contributed by atoms with Crippen molar-refractivity contribution in [2.75, 3.05) is 6.26 Å². The molecule has 0 fully saturated rings. The number of aliphatic hydroxyl groups is 1. The SMILES string of the molecule is CS(=O)(=O)c1ccc(CCC(O)C(=O)O)cc1. The summed E-state index contributed by atoms with van der Waals surface area (Å²) in [6.07, 6.45) is 0.228. The van der Waals surface area contributed by atoms with Crippen LogP contribution in [0.5, 0.6) is 0 Å². The molecule has 0 aliphatic carbocycles. The van der Waals surface area contributed by atoms with Gasteiger partial charge in [0.2, 0.25) is 0 Å². The Kier molecular flexibility index (Phi) is 4.25. The monoisotopic (exact) mass is 258 g/mol. The van der Waals surface area contributed by atoms with Gasteiger partial charge in [-0.05, 0) is 30.5 Å². The van der Waals surface area contributed by atoms with E-state index >= 15 is 0 Å². The van der Waals surface area contributed by atoms with Gasteiger partial charge in [0, 0.05) is 6.26 Å². The van der Waals surface area contributed by atoms with Crippen molar-refractivity contribution in [2.24, 2.45) is 0 Å². The fourth-order valence-corrected chi connectivity index (χ4v) is 1.96. The zero-order valence-electron chi connectivity index (χ0n) is 9.33. The minimum Gasteiger partial charge on any atom is -0.479 e. The summed E-state index contributed by atoms with van der Waals surface area (Å²) in [4.78, 5) is 10.6. The van der Waals surface area contributed by atoms with Crippen LogP contribution in [-0.4, -0.2) is 37.0 Å². The standard InChI is InChI=1S/C11H14O5S/c1-17(15,16)9-5-2-8(3-6-9)4-7-10(12)11(13)14/h2-3,5-6,10,12H,4,7H2,1H3,(H,13,14). The lowest BCUT2D eigenvalue weighted by Crippen LogP contribution is -2.19. The van der Waals surface area contributed by atoms with Gasteiger partial charge in [-0.3, -0.25) is 0 Å². The average molecular weight is 258 g/mol. The minimum absolute atomic E-state index is 0.105. The highest BCUT2D eigenvalue weighted by Crippen LogP contribution is 2.12. The Labute approximate surface area is 99.6 Å². The smallest absolute Gasteiger partial charge is 0.332 e. The summed E-state index contributed by atoms with van der Waals surface area (Å²) in [5, 5.41) is 17.6. The van der Waals surface area contributed by atoms with Crippen LogP contribution in [0.15, 0.2) is 29.2 Å². The molecular weight excluding hydrogens is 244 g/mol. The summed E-state index contributed by atoms with van der Waals surface area (Å²) < 4.78 is 22.4. The molecule has 1 atom stereocenters. The van der Waals surface area contributed by atoms with E-state index in [1.807, 2.05) is 0 Å². The van der Waals surface area contributed by atoms with E-state index in [4.69, 9.17) is 10.2 Å². The van der Waals surface area contributed by atoms with Crippen molar-refractivity contribution >= 4 is 15.8 Å². The zero-order valence-corrected chi connectivity index (χ0v) is 10.1. The molecule has 0 bridgehead atoms. The van der Waals surface area contributed by atoms with Crippen molar-refractivity contribution in [1.82, 2.24) is 0 Å². The molecule has 94 valence electrons. The van der Waals surface area contributed by atoms with E-state index < -0.39 is 21.9 Å². The van der Waals surface area contributed by atoms with Gasteiger partial charge in [-0.1, -0.05) is 12.1 Å². The van der Waals surface area contributed by atoms with Crippen LogP contribution in [0.1, 0.15) is 12.0 Å². The summed E-state index contributed by atoms with van der Waals surface area (Å²) in [5.41, 5.74) is 0.790. The average Bonchev–Trinajstić information content (AvgIpc) is 2.25. The Morgan fingerprint density at radius 3 is 2.24 bits per heavy atom. The maximum atomic E-state index is 11.2. The number of carboxylic acids is 1.